The third kappa shape index (κ3) is 2.84. The van der Waals surface area contributed by atoms with Crippen LogP contribution in [0.3, 0.4) is 0 Å². The van der Waals surface area contributed by atoms with E-state index in [-0.39, 0.29) is 16.8 Å². The lowest BCUT2D eigenvalue weighted by molar-refractivity contribution is 0.415. The molecule has 3 nitrogen and oxygen atoms in total. The Bertz CT molecular complexity index is 359. The van der Waals surface area contributed by atoms with Gasteiger partial charge in [0.25, 0.3) is 5.56 Å². The highest BCUT2D eigenvalue weighted by Gasteiger charge is 2.08. The number of nitrogens with zero attached hydrogens (tertiary/aromatic N) is 2. The van der Waals surface area contributed by atoms with Gasteiger partial charge in [-0.25, -0.2) is 4.98 Å². The van der Waals surface area contributed by atoms with Crippen molar-refractivity contribution < 1.29 is 0 Å². The first-order valence-corrected chi connectivity index (χ1v) is 5.12. The minimum atomic E-state index is -0.0850. The third-order valence-corrected chi connectivity index (χ3v) is 2.30. The van der Waals surface area contributed by atoms with E-state index < -0.39 is 0 Å². The molecule has 1 atom stereocenters. The molecule has 78 valence electrons. The zero-order chi connectivity index (χ0) is 10.7. The molecular formula is C10H15ClN2O. The molecule has 0 fully saturated rings. The second kappa shape index (κ2) is 4.60. The topological polar surface area (TPSA) is 34.9 Å². The van der Waals surface area contributed by atoms with Gasteiger partial charge in [0, 0.05) is 12.1 Å². The van der Waals surface area contributed by atoms with Crippen LogP contribution in [0.1, 0.15) is 33.2 Å². The van der Waals surface area contributed by atoms with E-state index in [1.807, 2.05) is 6.92 Å². The molecule has 1 unspecified atom stereocenters. The fourth-order valence-corrected chi connectivity index (χ4v) is 1.65. The highest BCUT2D eigenvalue weighted by atomic mass is 35.5. The average molecular weight is 215 g/mol. The van der Waals surface area contributed by atoms with Gasteiger partial charge in [-0.2, -0.15) is 0 Å². The lowest BCUT2D eigenvalue weighted by atomic mass is 10.1. The summed E-state index contributed by atoms with van der Waals surface area (Å²) in [5.74, 6) is 0.563. The van der Waals surface area contributed by atoms with Crippen LogP contribution in [-0.2, 0) is 0 Å². The summed E-state index contributed by atoms with van der Waals surface area (Å²) in [6.07, 6.45) is 2.47. The van der Waals surface area contributed by atoms with Gasteiger partial charge in [-0.15, -0.1) is 0 Å². The Morgan fingerprint density at radius 3 is 2.64 bits per heavy atom. The van der Waals surface area contributed by atoms with E-state index in [4.69, 9.17) is 11.6 Å². The molecule has 0 aliphatic heterocycles. The summed E-state index contributed by atoms with van der Waals surface area (Å²) in [6.45, 7) is 6.27. The molecule has 0 saturated carbocycles. The number of hydrogen-bond acceptors (Lipinski definition) is 2. The molecule has 0 bridgehead atoms. The van der Waals surface area contributed by atoms with Gasteiger partial charge in [0.15, 0.2) is 0 Å². The summed E-state index contributed by atoms with van der Waals surface area (Å²) in [6, 6.07) is 1.52. The molecule has 0 spiro atoms. The first-order valence-electron chi connectivity index (χ1n) is 4.74. The van der Waals surface area contributed by atoms with Gasteiger partial charge in [-0.1, -0.05) is 25.4 Å². The van der Waals surface area contributed by atoms with Crippen molar-refractivity contribution in [2.45, 2.75) is 33.2 Å². The smallest absolute Gasteiger partial charge is 0.255 e. The van der Waals surface area contributed by atoms with E-state index in [9.17, 15) is 4.79 Å². The van der Waals surface area contributed by atoms with Crippen molar-refractivity contribution in [3.8, 4) is 0 Å². The van der Waals surface area contributed by atoms with Crippen LogP contribution in [0.2, 0.25) is 5.15 Å². The summed E-state index contributed by atoms with van der Waals surface area (Å²) in [5, 5.41) is 0.253. The van der Waals surface area contributed by atoms with Crippen LogP contribution in [-0.4, -0.2) is 9.55 Å². The van der Waals surface area contributed by atoms with Crippen LogP contribution in [0, 0.1) is 5.92 Å². The van der Waals surface area contributed by atoms with Crippen LogP contribution in [0.5, 0.6) is 0 Å². The number of halogens is 1. The maximum absolute atomic E-state index is 11.5. The van der Waals surface area contributed by atoms with Crippen molar-refractivity contribution >= 4 is 11.6 Å². The second-order valence-corrected chi connectivity index (χ2v) is 4.32. The number of hydrogen-bond donors (Lipinski definition) is 0. The maximum atomic E-state index is 11.5. The maximum Gasteiger partial charge on any atom is 0.255 e. The molecule has 0 saturated heterocycles. The van der Waals surface area contributed by atoms with Crippen molar-refractivity contribution in [1.29, 1.82) is 0 Å². The van der Waals surface area contributed by atoms with Gasteiger partial charge < -0.3 is 0 Å². The van der Waals surface area contributed by atoms with Crippen molar-refractivity contribution in [2.75, 3.05) is 0 Å². The third-order valence-electron chi connectivity index (χ3n) is 2.09. The van der Waals surface area contributed by atoms with Gasteiger partial charge >= 0.3 is 0 Å². The molecule has 0 amide bonds. The SMILES string of the molecule is CC(C)CC(C)n1cnc(Cl)cc1=O. The minimum absolute atomic E-state index is 0.0850. The van der Waals surface area contributed by atoms with Gasteiger partial charge in [0.1, 0.15) is 5.15 Å². The highest BCUT2D eigenvalue weighted by Crippen LogP contribution is 2.14. The molecule has 0 aliphatic carbocycles. The Hall–Kier alpha value is -0.830. The first kappa shape index (κ1) is 11.2. The molecule has 1 rings (SSSR count). The lowest BCUT2D eigenvalue weighted by Gasteiger charge is -2.16. The normalized spacial score (nSPS) is 13.2. The Labute approximate surface area is 88.7 Å². The Morgan fingerprint density at radius 2 is 2.14 bits per heavy atom. The molecule has 14 heavy (non-hydrogen) atoms. The number of aromatic nitrogens is 2. The van der Waals surface area contributed by atoms with E-state index in [1.165, 1.54) is 12.4 Å². The molecule has 1 aromatic rings. The average Bonchev–Trinajstić information content (AvgIpc) is 2.01. The molecule has 0 aliphatic rings. The van der Waals surface area contributed by atoms with Gasteiger partial charge in [0.2, 0.25) is 0 Å². The van der Waals surface area contributed by atoms with E-state index in [1.54, 1.807) is 4.57 Å². The quantitative estimate of drug-likeness (QED) is 0.725. The minimum Gasteiger partial charge on any atom is -0.296 e. The van der Waals surface area contributed by atoms with Crippen LogP contribution < -0.4 is 5.56 Å². The molecule has 0 N–H and O–H groups in total. The second-order valence-electron chi connectivity index (χ2n) is 3.94. The van der Waals surface area contributed by atoms with Crippen LogP contribution in [0.4, 0.5) is 0 Å². The largest absolute Gasteiger partial charge is 0.296 e. The fourth-order valence-electron chi connectivity index (χ4n) is 1.51. The Balaban J connectivity index is 2.90. The fraction of sp³-hybridized carbons (Fsp3) is 0.600. The summed E-state index contributed by atoms with van der Waals surface area (Å²) < 4.78 is 1.62. The molecule has 0 aromatic carbocycles. The zero-order valence-corrected chi connectivity index (χ0v) is 9.45. The van der Waals surface area contributed by atoms with Gasteiger partial charge in [0.05, 0.1) is 6.33 Å². The standard InChI is InChI=1S/C10H15ClN2O/c1-7(2)4-8(3)13-6-12-9(11)5-10(13)14/h5-8H,4H2,1-3H3. The van der Waals surface area contributed by atoms with Crippen LogP contribution in [0.15, 0.2) is 17.2 Å². The van der Waals surface area contributed by atoms with Crippen molar-refractivity contribution in [3.63, 3.8) is 0 Å². The number of rotatable bonds is 3. The molecule has 1 aromatic heterocycles. The highest BCUT2D eigenvalue weighted by molar-refractivity contribution is 6.29. The molecular weight excluding hydrogens is 200 g/mol. The monoisotopic (exact) mass is 214 g/mol. The van der Waals surface area contributed by atoms with Crippen molar-refractivity contribution in [2.24, 2.45) is 5.92 Å². The predicted molar refractivity (Wildman–Crippen MR) is 57.7 cm³/mol. The van der Waals surface area contributed by atoms with Crippen molar-refractivity contribution in [3.05, 3.63) is 27.9 Å². The van der Waals surface area contributed by atoms with E-state index in [0.29, 0.717) is 5.92 Å². The summed E-state index contributed by atoms with van der Waals surface area (Å²) in [4.78, 5) is 15.4. The van der Waals surface area contributed by atoms with Crippen LogP contribution in [0.25, 0.3) is 0 Å². The van der Waals surface area contributed by atoms with Crippen molar-refractivity contribution in [1.82, 2.24) is 9.55 Å². The predicted octanol–water partition coefficient (Wildman–Crippen LogP) is 2.50. The van der Waals surface area contributed by atoms with Gasteiger partial charge in [-0.3, -0.25) is 9.36 Å². The summed E-state index contributed by atoms with van der Waals surface area (Å²) >= 11 is 5.60. The lowest BCUT2D eigenvalue weighted by Crippen LogP contribution is -2.23. The van der Waals surface area contributed by atoms with Crippen LogP contribution >= 0.6 is 11.6 Å². The first-order chi connectivity index (χ1) is 6.50. The van der Waals surface area contributed by atoms with E-state index in [0.717, 1.165) is 6.42 Å². The Kier molecular flexibility index (Phi) is 3.69. The molecule has 0 radical (unpaired) electrons. The van der Waals surface area contributed by atoms with E-state index >= 15 is 0 Å². The Morgan fingerprint density at radius 1 is 1.50 bits per heavy atom. The van der Waals surface area contributed by atoms with E-state index in [2.05, 4.69) is 18.8 Å². The molecule has 1 heterocycles. The summed E-state index contributed by atoms with van der Waals surface area (Å²) in [7, 11) is 0. The van der Waals surface area contributed by atoms with Gasteiger partial charge in [-0.05, 0) is 19.3 Å². The molecule has 4 heteroatoms. The summed E-state index contributed by atoms with van der Waals surface area (Å²) in [5.41, 5.74) is -0.0850. The zero-order valence-electron chi connectivity index (χ0n) is 8.70.